The average molecular weight is 416 g/mol. The van der Waals surface area contributed by atoms with Crippen LogP contribution in [0, 0.1) is 11.8 Å². The molecular weight excluding hydrogens is 382 g/mol. The number of nitrogens with one attached hydrogen (secondary N) is 1. The van der Waals surface area contributed by atoms with Crippen LogP contribution in [-0.2, 0) is 14.4 Å². The third-order valence-electron chi connectivity index (χ3n) is 6.42. The molecule has 1 aliphatic carbocycles. The monoisotopic (exact) mass is 415 g/mol. The van der Waals surface area contributed by atoms with Crippen LogP contribution in [0.4, 0.5) is 0 Å². The maximum atomic E-state index is 12.9. The van der Waals surface area contributed by atoms with Gasteiger partial charge in [0, 0.05) is 31.9 Å². The number of rotatable bonds is 8. The second-order valence-corrected chi connectivity index (χ2v) is 8.67. The summed E-state index contributed by atoms with van der Waals surface area (Å²) >= 11 is 0. The standard InChI is InChI=1S/C23H33N3O4/c27-21(11-10-17-6-2-1-3-7-17)26-13-5-9-19(16-26)23(30)25-20(14-22(28)29)18-8-4-12-24-15-18/h4,8,12,15,17,19-20H,1-3,5-7,9-11,13-14,16H2,(H,25,30)(H,28,29)/t19-,20+/m1/s1. The van der Waals surface area contributed by atoms with Gasteiger partial charge in [0.05, 0.1) is 18.4 Å². The van der Waals surface area contributed by atoms with Crippen molar-refractivity contribution in [2.75, 3.05) is 13.1 Å². The zero-order valence-corrected chi connectivity index (χ0v) is 17.6. The van der Waals surface area contributed by atoms with Crippen molar-refractivity contribution in [1.82, 2.24) is 15.2 Å². The van der Waals surface area contributed by atoms with Crippen LogP contribution in [0.3, 0.4) is 0 Å². The van der Waals surface area contributed by atoms with E-state index in [0.717, 1.165) is 12.8 Å². The number of nitrogens with zero attached hydrogens (tertiary/aromatic N) is 2. The molecule has 7 nitrogen and oxygen atoms in total. The molecule has 1 aromatic rings. The Hall–Kier alpha value is -2.44. The number of hydrogen-bond acceptors (Lipinski definition) is 4. The molecule has 2 N–H and O–H groups in total. The molecule has 7 heteroatoms. The van der Waals surface area contributed by atoms with E-state index < -0.39 is 12.0 Å². The average Bonchev–Trinajstić information content (AvgIpc) is 2.78. The van der Waals surface area contributed by atoms with Gasteiger partial charge in [-0.05, 0) is 36.8 Å². The minimum absolute atomic E-state index is 0.146. The van der Waals surface area contributed by atoms with Crippen molar-refractivity contribution in [2.45, 2.75) is 70.3 Å². The van der Waals surface area contributed by atoms with E-state index in [0.29, 0.717) is 37.4 Å². The summed E-state index contributed by atoms with van der Waals surface area (Å²) in [4.78, 5) is 42.7. The number of aliphatic carboxylic acids is 1. The molecule has 1 saturated carbocycles. The number of aromatic nitrogens is 1. The fraction of sp³-hybridized carbons (Fsp3) is 0.652. The summed E-state index contributed by atoms with van der Waals surface area (Å²) in [5.74, 6) is -0.650. The molecule has 2 amide bonds. The lowest BCUT2D eigenvalue weighted by atomic mass is 9.86. The van der Waals surface area contributed by atoms with Crippen molar-refractivity contribution in [2.24, 2.45) is 11.8 Å². The summed E-state index contributed by atoms with van der Waals surface area (Å²) in [6.07, 6.45) is 12.4. The van der Waals surface area contributed by atoms with E-state index in [1.54, 1.807) is 24.5 Å². The number of carboxylic acids is 1. The van der Waals surface area contributed by atoms with E-state index in [2.05, 4.69) is 10.3 Å². The van der Waals surface area contributed by atoms with Gasteiger partial charge in [-0.25, -0.2) is 0 Å². The zero-order chi connectivity index (χ0) is 21.3. The molecule has 0 aromatic carbocycles. The fourth-order valence-electron chi connectivity index (χ4n) is 4.68. The second kappa shape index (κ2) is 11.1. The van der Waals surface area contributed by atoms with E-state index in [1.165, 1.54) is 32.1 Å². The van der Waals surface area contributed by atoms with E-state index in [-0.39, 0.29) is 24.2 Å². The first-order chi connectivity index (χ1) is 14.5. The van der Waals surface area contributed by atoms with Crippen molar-refractivity contribution < 1.29 is 19.5 Å². The Morgan fingerprint density at radius 1 is 1.17 bits per heavy atom. The first-order valence-electron chi connectivity index (χ1n) is 11.2. The Bertz CT molecular complexity index is 718. The molecule has 2 heterocycles. The number of carbonyl (C=O) groups excluding carboxylic acids is 2. The number of amides is 2. The molecule has 2 aliphatic rings. The molecule has 2 atom stereocenters. The van der Waals surface area contributed by atoms with Crippen LogP contribution in [0.1, 0.15) is 75.8 Å². The Labute approximate surface area is 178 Å². The van der Waals surface area contributed by atoms with Crippen molar-refractivity contribution in [3.63, 3.8) is 0 Å². The molecule has 30 heavy (non-hydrogen) atoms. The first kappa shape index (κ1) is 22.2. The summed E-state index contributed by atoms with van der Waals surface area (Å²) in [7, 11) is 0. The Morgan fingerprint density at radius 3 is 2.67 bits per heavy atom. The van der Waals surface area contributed by atoms with E-state index in [9.17, 15) is 19.5 Å². The lowest BCUT2D eigenvalue weighted by molar-refractivity contribution is -0.138. The van der Waals surface area contributed by atoms with Crippen molar-refractivity contribution in [3.8, 4) is 0 Å². The third-order valence-corrected chi connectivity index (χ3v) is 6.42. The van der Waals surface area contributed by atoms with Gasteiger partial charge in [-0.2, -0.15) is 0 Å². The molecule has 3 rings (SSSR count). The SMILES string of the molecule is O=C(O)C[C@H](NC(=O)[C@@H]1CCCN(C(=O)CCC2CCCCC2)C1)c1cccnc1. The minimum Gasteiger partial charge on any atom is -0.481 e. The predicted octanol–water partition coefficient (Wildman–Crippen LogP) is 3.31. The van der Waals surface area contributed by atoms with Gasteiger partial charge < -0.3 is 15.3 Å². The second-order valence-electron chi connectivity index (χ2n) is 8.67. The van der Waals surface area contributed by atoms with Crippen LogP contribution in [-0.4, -0.2) is 45.9 Å². The fourth-order valence-corrected chi connectivity index (χ4v) is 4.68. The molecule has 2 fully saturated rings. The molecule has 1 aromatic heterocycles. The summed E-state index contributed by atoms with van der Waals surface area (Å²) in [6, 6.07) is 2.87. The topological polar surface area (TPSA) is 99.6 Å². The number of carbonyl (C=O) groups is 3. The van der Waals surface area contributed by atoms with Gasteiger partial charge in [0.1, 0.15) is 0 Å². The van der Waals surface area contributed by atoms with Gasteiger partial charge in [-0.15, -0.1) is 0 Å². The van der Waals surface area contributed by atoms with Crippen LogP contribution >= 0.6 is 0 Å². The lowest BCUT2D eigenvalue weighted by Gasteiger charge is -2.33. The maximum Gasteiger partial charge on any atom is 0.305 e. The predicted molar refractivity (Wildman–Crippen MR) is 112 cm³/mol. The number of carboxylic acid groups (broad SMARTS) is 1. The van der Waals surface area contributed by atoms with Crippen LogP contribution in [0.15, 0.2) is 24.5 Å². The number of piperidine rings is 1. The first-order valence-corrected chi connectivity index (χ1v) is 11.2. The van der Waals surface area contributed by atoms with Gasteiger partial charge in [0.15, 0.2) is 0 Å². The van der Waals surface area contributed by atoms with Gasteiger partial charge in [0.2, 0.25) is 11.8 Å². The Kier molecular flexibility index (Phi) is 8.22. The molecule has 0 spiro atoms. The lowest BCUT2D eigenvalue weighted by Crippen LogP contribution is -2.46. The summed E-state index contributed by atoms with van der Waals surface area (Å²) < 4.78 is 0. The minimum atomic E-state index is -0.979. The smallest absolute Gasteiger partial charge is 0.305 e. The van der Waals surface area contributed by atoms with Gasteiger partial charge in [-0.1, -0.05) is 38.2 Å². The Morgan fingerprint density at radius 2 is 1.97 bits per heavy atom. The van der Waals surface area contributed by atoms with Crippen molar-refractivity contribution in [3.05, 3.63) is 30.1 Å². The van der Waals surface area contributed by atoms with Gasteiger partial charge >= 0.3 is 5.97 Å². The number of likely N-dealkylation sites (tertiary alicyclic amines) is 1. The van der Waals surface area contributed by atoms with Crippen LogP contribution < -0.4 is 5.32 Å². The van der Waals surface area contributed by atoms with Crippen LogP contribution in [0.2, 0.25) is 0 Å². The van der Waals surface area contributed by atoms with Gasteiger partial charge in [0.25, 0.3) is 0 Å². The third kappa shape index (κ3) is 6.54. The van der Waals surface area contributed by atoms with Crippen molar-refractivity contribution >= 4 is 17.8 Å². The van der Waals surface area contributed by atoms with E-state index in [4.69, 9.17) is 0 Å². The molecule has 0 unspecified atom stereocenters. The highest BCUT2D eigenvalue weighted by molar-refractivity contribution is 5.82. The molecule has 0 bridgehead atoms. The maximum absolute atomic E-state index is 12.9. The van der Waals surface area contributed by atoms with Crippen LogP contribution in [0.25, 0.3) is 0 Å². The summed E-state index contributed by atoms with van der Waals surface area (Å²) in [5, 5.41) is 12.1. The largest absolute Gasteiger partial charge is 0.481 e. The molecule has 0 radical (unpaired) electrons. The Balaban J connectivity index is 1.53. The van der Waals surface area contributed by atoms with Crippen LogP contribution in [0.5, 0.6) is 0 Å². The van der Waals surface area contributed by atoms with E-state index >= 15 is 0 Å². The zero-order valence-electron chi connectivity index (χ0n) is 17.6. The molecule has 1 saturated heterocycles. The summed E-state index contributed by atoms with van der Waals surface area (Å²) in [5.41, 5.74) is 0.671. The highest BCUT2D eigenvalue weighted by atomic mass is 16.4. The molecular formula is C23H33N3O4. The normalized spacial score (nSPS) is 21.1. The number of hydrogen-bond donors (Lipinski definition) is 2. The molecule has 164 valence electrons. The van der Waals surface area contributed by atoms with Crippen molar-refractivity contribution in [1.29, 1.82) is 0 Å². The van der Waals surface area contributed by atoms with E-state index in [1.807, 2.05) is 4.90 Å². The quantitative estimate of drug-likeness (QED) is 0.678. The number of pyridine rings is 1. The van der Waals surface area contributed by atoms with Gasteiger partial charge in [-0.3, -0.25) is 19.4 Å². The highest BCUT2D eigenvalue weighted by Gasteiger charge is 2.30. The summed E-state index contributed by atoms with van der Waals surface area (Å²) in [6.45, 7) is 1.12. The highest BCUT2D eigenvalue weighted by Crippen LogP contribution is 2.28. The molecule has 1 aliphatic heterocycles.